The quantitative estimate of drug-likeness (QED) is 0.865. The molecule has 0 aliphatic heterocycles. The van der Waals surface area contributed by atoms with Crippen LogP contribution in [-0.4, -0.2) is 0 Å². The van der Waals surface area contributed by atoms with E-state index in [0.29, 0.717) is 17.2 Å². The molecular weight excluding hydrogens is 276 g/mol. The van der Waals surface area contributed by atoms with E-state index in [-0.39, 0.29) is 11.3 Å². The van der Waals surface area contributed by atoms with Crippen LogP contribution in [0.4, 0.5) is 5.69 Å². The standard InChI is InChI=1S/C17H10N4O/c18-10-13(11-19)17(12-20)21-14-5-4-8-16(9-14)22-15-6-2-1-3-7-15/h1-9,21H. The summed E-state index contributed by atoms with van der Waals surface area (Å²) in [6, 6.07) is 21.3. The maximum absolute atomic E-state index is 9.02. The minimum absolute atomic E-state index is 0.0955. The second kappa shape index (κ2) is 7.14. The van der Waals surface area contributed by atoms with Crippen molar-refractivity contribution in [2.45, 2.75) is 0 Å². The van der Waals surface area contributed by atoms with E-state index in [1.165, 1.54) is 0 Å². The number of hydrogen-bond donors (Lipinski definition) is 1. The number of nitriles is 3. The van der Waals surface area contributed by atoms with Crippen molar-refractivity contribution in [3.8, 4) is 29.7 Å². The maximum Gasteiger partial charge on any atom is 0.163 e. The summed E-state index contributed by atoms with van der Waals surface area (Å²) in [6.07, 6.45) is 0. The van der Waals surface area contributed by atoms with Gasteiger partial charge in [-0.25, -0.2) is 0 Å². The molecule has 5 heteroatoms. The number of nitrogens with one attached hydrogen (secondary N) is 1. The monoisotopic (exact) mass is 286 g/mol. The molecule has 0 saturated heterocycles. The van der Waals surface area contributed by atoms with E-state index < -0.39 is 0 Å². The van der Waals surface area contributed by atoms with E-state index >= 15 is 0 Å². The molecule has 0 spiro atoms. The van der Waals surface area contributed by atoms with Crippen LogP contribution in [0.25, 0.3) is 0 Å². The number of nitrogens with zero attached hydrogens (tertiary/aromatic N) is 3. The second-order valence-corrected chi connectivity index (χ2v) is 4.15. The molecule has 22 heavy (non-hydrogen) atoms. The van der Waals surface area contributed by atoms with Crippen LogP contribution in [-0.2, 0) is 0 Å². The van der Waals surface area contributed by atoms with Gasteiger partial charge in [-0.15, -0.1) is 0 Å². The summed E-state index contributed by atoms with van der Waals surface area (Å²) < 4.78 is 5.68. The number of allylic oxidation sites excluding steroid dienone is 2. The Labute approximate surface area is 127 Å². The van der Waals surface area contributed by atoms with Gasteiger partial charge in [0.1, 0.15) is 35.4 Å². The Hall–Kier alpha value is -3.75. The summed E-state index contributed by atoms with van der Waals surface area (Å²) in [6.45, 7) is 0. The molecule has 0 saturated carbocycles. The van der Waals surface area contributed by atoms with Crippen LogP contribution in [0.15, 0.2) is 65.9 Å². The molecular formula is C17H10N4O. The molecule has 0 fully saturated rings. The van der Waals surface area contributed by atoms with Gasteiger partial charge in [0.05, 0.1) is 0 Å². The zero-order chi connectivity index (χ0) is 15.8. The molecule has 0 unspecified atom stereocenters. The van der Waals surface area contributed by atoms with Gasteiger partial charge in [-0.1, -0.05) is 24.3 Å². The maximum atomic E-state index is 9.02. The molecule has 0 aliphatic carbocycles. The lowest BCUT2D eigenvalue weighted by Gasteiger charge is -2.08. The SMILES string of the molecule is N#CC(C#N)=C(C#N)Nc1cccc(Oc2ccccc2)c1. The fourth-order valence-electron chi connectivity index (χ4n) is 1.69. The number of ether oxygens (including phenoxy) is 1. The van der Waals surface area contributed by atoms with Gasteiger partial charge in [-0.05, 0) is 24.3 Å². The van der Waals surface area contributed by atoms with Crippen LogP contribution in [0.1, 0.15) is 0 Å². The summed E-state index contributed by atoms with van der Waals surface area (Å²) in [5.74, 6) is 1.26. The average Bonchev–Trinajstić information content (AvgIpc) is 2.56. The largest absolute Gasteiger partial charge is 0.457 e. The first kappa shape index (κ1) is 14.7. The van der Waals surface area contributed by atoms with Crippen LogP contribution in [0.2, 0.25) is 0 Å². The fraction of sp³-hybridized carbons (Fsp3) is 0. The summed E-state index contributed by atoms with van der Waals surface area (Å²) in [5.41, 5.74) is 0.187. The van der Waals surface area contributed by atoms with Crippen LogP contribution in [0.5, 0.6) is 11.5 Å². The van der Waals surface area contributed by atoms with Gasteiger partial charge in [0, 0.05) is 11.8 Å². The third-order valence-corrected chi connectivity index (χ3v) is 2.67. The number of para-hydroxylation sites is 1. The van der Waals surface area contributed by atoms with E-state index in [1.807, 2.05) is 30.3 Å². The molecule has 0 heterocycles. The third-order valence-electron chi connectivity index (χ3n) is 2.67. The number of hydrogen-bond acceptors (Lipinski definition) is 5. The van der Waals surface area contributed by atoms with Gasteiger partial charge in [-0.2, -0.15) is 15.8 Å². The van der Waals surface area contributed by atoms with Crippen LogP contribution in [0.3, 0.4) is 0 Å². The lowest BCUT2D eigenvalue weighted by atomic mass is 10.2. The molecule has 2 aromatic carbocycles. The highest BCUT2D eigenvalue weighted by Gasteiger charge is 2.06. The summed E-state index contributed by atoms with van der Waals surface area (Å²) in [5, 5.41) is 29.4. The highest BCUT2D eigenvalue weighted by atomic mass is 16.5. The summed E-state index contributed by atoms with van der Waals surface area (Å²) in [7, 11) is 0. The predicted octanol–water partition coefficient (Wildman–Crippen LogP) is 3.72. The van der Waals surface area contributed by atoms with Crippen molar-refractivity contribution in [2.24, 2.45) is 0 Å². The summed E-state index contributed by atoms with van der Waals surface area (Å²) >= 11 is 0. The fourth-order valence-corrected chi connectivity index (χ4v) is 1.69. The predicted molar refractivity (Wildman–Crippen MR) is 80.4 cm³/mol. The van der Waals surface area contributed by atoms with Crippen molar-refractivity contribution in [3.05, 3.63) is 65.9 Å². The van der Waals surface area contributed by atoms with Crippen LogP contribution < -0.4 is 10.1 Å². The van der Waals surface area contributed by atoms with E-state index in [1.54, 1.807) is 42.5 Å². The molecule has 0 atom stereocenters. The molecule has 0 bridgehead atoms. The first-order valence-electron chi connectivity index (χ1n) is 6.31. The van der Waals surface area contributed by atoms with Gasteiger partial charge >= 0.3 is 0 Å². The van der Waals surface area contributed by atoms with Crippen molar-refractivity contribution in [3.63, 3.8) is 0 Å². The van der Waals surface area contributed by atoms with Crippen LogP contribution >= 0.6 is 0 Å². The van der Waals surface area contributed by atoms with Gasteiger partial charge in [0.2, 0.25) is 0 Å². The van der Waals surface area contributed by atoms with E-state index in [0.717, 1.165) is 0 Å². The molecule has 2 aromatic rings. The third kappa shape index (κ3) is 3.63. The first-order valence-corrected chi connectivity index (χ1v) is 6.31. The van der Waals surface area contributed by atoms with Crippen molar-refractivity contribution in [1.29, 1.82) is 15.8 Å². The van der Waals surface area contributed by atoms with Crippen molar-refractivity contribution in [1.82, 2.24) is 0 Å². The highest BCUT2D eigenvalue weighted by molar-refractivity contribution is 5.59. The topological polar surface area (TPSA) is 92.6 Å². The van der Waals surface area contributed by atoms with Crippen molar-refractivity contribution in [2.75, 3.05) is 5.32 Å². The van der Waals surface area contributed by atoms with Gasteiger partial charge in [0.25, 0.3) is 0 Å². The van der Waals surface area contributed by atoms with Gasteiger partial charge in [-0.3, -0.25) is 0 Å². The molecule has 0 radical (unpaired) electrons. The van der Waals surface area contributed by atoms with Crippen LogP contribution in [0, 0.1) is 34.0 Å². The zero-order valence-corrected chi connectivity index (χ0v) is 11.4. The Morgan fingerprint density at radius 2 is 1.50 bits per heavy atom. The number of anilines is 1. The Bertz CT molecular complexity index is 804. The number of rotatable bonds is 4. The highest BCUT2D eigenvalue weighted by Crippen LogP contribution is 2.24. The number of benzene rings is 2. The summed E-state index contributed by atoms with van der Waals surface area (Å²) in [4.78, 5) is 0. The Morgan fingerprint density at radius 3 is 2.14 bits per heavy atom. The minimum atomic E-state index is -0.267. The molecule has 5 nitrogen and oxygen atoms in total. The Kier molecular flexibility index (Phi) is 4.76. The van der Waals surface area contributed by atoms with E-state index in [9.17, 15) is 0 Å². The molecule has 2 rings (SSSR count). The first-order chi connectivity index (χ1) is 10.8. The van der Waals surface area contributed by atoms with Crippen molar-refractivity contribution >= 4 is 5.69 Å². The Balaban J connectivity index is 2.23. The average molecular weight is 286 g/mol. The van der Waals surface area contributed by atoms with E-state index in [2.05, 4.69) is 5.32 Å². The smallest absolute Gasteiger partial charge is 0.163 e. The molecule has 0 amide bonds. The molecule has 1 N–H and O–H groups in total. The Morgan fingerprint density at radius 1 is 0.818 bits per heavy atom. The molecule has 0 aliphatic rings. The zero-order valence-electron chi connectivity index (χ0n) is 11.4. The normalized spacial score (nSPS) is 8.77. The van der Waals surface area contributed by atoms with Crippen molar-refractivity contribution < 1.29 is 4.74 Å². The lowest BCUT2D eigenvalue weighted by Crippen LogP contribution is -2.00. The lowest BCUT2D eigenvalue weighted by molar-refractivity contribution is 0.483. The molecule has 104 valence electrons. The van der Waals surface area contributed by atoms with E-state index in [4.69, 9.17) is 20.5 Å². The second-order valence-electron chi connectivity index (χ2n) is 4.15. The van der Waals surface area contributed by atoms with Gasteiger partial charge in [0.15, 0.2) is 5.57 Å². The minimum Gasteiger partial charge on any atom is -0.457 e. The molecule has 0 aromatic heterocycles. The van der Waals surface area contributed by atoms with Gasteiger partial charge < -0.3 is 10.1 Å².